The highest BCUT2D eigenvalue weighted by atomic mass is 32.1. The second-order valence-electron chi connectivity index (χ2n) is 8.14. The van der Waals surface area contributed by atoms with Crippen molar-refractivity contribution in [1.82, 2.24) is 4.98 Å². The molecule has 0 saturated carbocycles. The van der Waals surface area contributed by atoms with E-state index in [9.17, 15) is 10.1 Å². The molecule has 3 aromatic carbocycles. The normalized spacial score (nSPS) is 12.1. The molecule has 0 radical (unpaired) electrons. The summed E-state index contributed by atoms with van der Waals surface area (Å²) in [6.07, 6.45) is 1.51. The van der Waals surface area contributed by atoms with E-state index in [0.717, 1.165) is 16.8 Å². The lowest BCUT2D eigenvalue weighted by molar-refractivity contribution is -0.112. The Morgan fingerprint density at radius 1 is 1.08 bits per heavy atom. The number of aromatic nitrogens is 1. The van der Waals surface area contributed by atoms with E-state index in [0.29, 0.717) is 46.9 Å². The van der Waals surface area contributed by atoms with Crippen LogP contribution in [0.2, 0.25) is 0 Å². The minimum Gasteiger partial charge on any atom is -0.490 e. The summed E-state index contributed by atoms with van der Waals surface area (Å²) in [6, 6.07) is 22.5. The van der Waals surface area contributed by atoms with E-state index in [2.05, 4.69) is 10.3 Å². The summed E-state index contributed by atoms with van der Waals surface area (Å²) in [5.41, 5.74) is 3.19. The molecule has 190 valence electrons. The molecule has 38 heavy (non-hydrogen) atoms. The number of ether oxygens (including phenoxy) is 4. The monoisotopic (exact) mass is 525 g/mol. The topological polar surface area (TPSA) is 103 Å². The van der Waals surface area contributed by atoms with E-state index in [4.69, 9.17) is 18.9 Å². The quantitative estimate of drug-likeness (QED) is 0.209. The lowest BCUT2D eigenvalue weighted by Crippen LogP contribution is -2.13. The zero-order valence-corrected chi connectivity index (χ0v) is 21.3. The number of nitrogens with one attached hydrogen (secondary N) is 1. The summed E-state index contributed by atoms with van der Waals surface area (Å²) in [7, 11) is 0. The zero-order chi connectivity index (χ0) is 26.3. The molecule has 0 unspecified atom stereocenters. The molecule has 1 amide bonds. The van der Waals surface area contributed by atoms with E-state index in [1.54, 1.807) is 18.2 Å². The fourth-order valence-electron chi connectivity index (χ4n) is 3.75. The number of anilines is 1. The van der Waals surface area contributed by atoms with E-state index in [-0.39, 0.29) is 12.4 Å². The molecule has 0 bridgehead atoms. The van der Waals surface area contributed by atoms with Crippen LogP contribution in [0.4, 0.5) is 5.13 Å². The van der Waals surface area contributed by atoms with Crippen LogP contribution in [0.15, 0.2) is 77.7 Å². The number of fused-ring (bicyclic) bond motifs is 1. The molecule has 1 aliphatic rings. The predicted octanol–water partition coefficient (Wildman–Crippen LogP) is 6.06. The first-order valence-electron chi connectivity index (χ1n) is 11.8. The van der Waals surface area contributed by atoms with Gasteiger partial charge in [0, 0.05) is 10.9 Å². The number of nitrogens with zero attached hydrogens (tertiary/aromatic N) is 2. The number of hydrogen-bond donors (Lipinski definition) is 1. The van der Waals surface area contributed by atoms with Gasteiger partial charge in [0.25, 0.3) is 5.91 Å². The number of rotatable bonds is 9. The molecular formula is C29H23N3O5S. The Balaban J connectivity index is 1.28. The SMILES string of the molecule is CCOc1cc(C=C(C#N)C(=O)Nc2nc(-c3ccccc3)cs2)ccc1OCc1ccc2c(c1)OCO2. The average Bonchev–Trinajstić information content (AvgIpc) is 3.61. The fraction of sp³-hybridized carbons (Fsp3) is 0.138. The van der Waals surface area contributed by atoms with Gasteiger partial charge in [0.05, 0.1) is 12.3 Å². The first-order valence-corrected chi connectivity index (χ1v) is 12.7. The lowest BCUT2D eigenvalue weighted by Gasteiger charge is -2.13. The molecular weight excluding hydrogens is 502 g/mol. The van der Waals surface area contributed by atoms with Crippen molar-refractivity contribution in [3.05, 3.63) is 88.8 Å². The summed E-state index contributed by atoms with van der Waals surface area (Å²) >= 11 is 1.30. The van der Waals surface area contributed by atoms with Gasteiger partial charge in [-0.25, -0.2) is 4.98 Å². The van der Waals surface area contributed by atoms with Crippen LogP contribution >= 0.6 is 11.3 Å². The molecule has 0 spiro atoms. The number of amides is 1. The Morgan fingerprint density at radius 2 is 1.92 bits per heavy atom. The molecule has 0 saturated heterocycles. The Morgan fingerprint density at radius 3 is 2.74 bits per heavy atom. The number of nitriles is 1. The summed E-state index contributed by atoms with van der Waals surface area (Å²) in [5.74, 6) is 1.91. The van der Waals surface area contributed by atoms with Crippen LogP contribution in [0.5, 0.6) is 23.0 Å². The maximum atomic E-state index is 12.8. The van der Waals surface area contributed by atoms with Crippen molar-refractivity contribution in [1.29, 1.82) is 5.26 Å². The van der Waals surface area contributed by atoms with Crippen LogP contribution in [0.3, 0.4) is 0 Å². The third-order valence-corrected chi connectivity index (χ3v) is 6.33. The molecule has 0 atom stereocenters. The van der Waals surface area contributed by atoms with Crippen molar-refractivity contribution < 1.29 is 23.7 Å². The number of thiazole rings is 1. The van der Waals surface area contributed by atoms with Gasteiger partial charge in [0.15, 0.2) is 28.1 Å². The van der Waals surface area contributed by atoms with Crippen molar-refractivity contribution in [3.8, 4) is 40.3 Å². The highest BCUT2D eigenvalue weighted by molar-refractivity contribution is 7.14. The maximum Gasteiger partial charge on any atom is 0.268 e. The fourth-order valence-corrected chi connectivity index (χ4v) is 4.46. The average molecular weight is 526 g/mol. The van der Waals surface area contributed by atoms with Gasteiger partial charge < -0.3 is 18.9 Å². The van der Waals surface area contributed by atoms with Crippen LogP contribution in [0.1, 0.15) is 18.1 Å². The molecule has 1 aromatic heterocycles. The largest absolute Gasteiger partial charge is 0.490 e. The molecule has 5 rings (SSSR count). The van der Waals surface area contributed by atoms with Crippen LogP contribution in [0.25, 0.3) is 17.3 Å². The van der Waals surface area contributed by atoms with Crippen molar-refractivity contribution >= 4 is 28.5 Å². The Kier molecular flexibility index (Phi) is 7.52. The first kappa shape index (κ1) is 24.9. The lowest BCUT2D eigenvalue weighted by atomic mass is 10.1. The number of carbonyl (C=O) groups is 1. The van der Waals surface area contributed by atoms with Crippen molar-refractivity contribution in [2.75, 3.05) is 18.7 Å². The third kappa shape index (κ3) is 5.77. The van der Waals surface area contributed by atoms with E-state index >= 15 is 0 Å². The molecule has 0 aliphatic carbocycles. The molecule has 9 heteroatoms. The van der Waals surface area contributed by atoms with Crippen molar-refractivity contribution in [3.63, 3.8) is 0 Å². The van der Waals surface area contributed by atoms with Gasteiger partial charge in [-0.2, -0.15) is 5.26 Å². The highest BCUT2D eigenvalue weighted by Crippen LogP contribution is 2.34. The Bertz CT molecular complexity index is 1520. The second kappa shape index (κ2) is 11.5. The zero-order valence-electron chi connectivity index (χ0n) is 20.5. The van der Waals surface area contributed by atoms with Crippen LogP contribution in [-0.2, 0) is 11.4 Å². The van der Waals surface area contributed by atoms with Gasteiger partial charge in [0.1, 0.15) is 18.2 Å². The van der Waals surface area contributed by atoms with Crippen LogP contribution in [0, 0.1) is 11.3 Å². The van der Waals surface area contributed by atoms with Gasteiger partial charge in [0.2, 0.25) is 6.79 Å². The minimum atomic E-state index is -0.539. The summed E-state index contributed by atoms with van der Waals surface area (Å²) < 4.78 is 22.5. The summed E-state index contributed by atoms with van der Waals surface area (Å²) in [4.78, 5) is 17.3. The Hall–Kier alpha value is -4.81. The predicted molar refractivity (Wildman–Crippen MR) is 144 cm³/mol. The first-order chi connectivity index (χ1) is 18.6. The van der Waals surface area contributed by atoms with Crippen LogP contribution in [-0.4, -0.2) is 24.3 Å². The van der Waals surface area contributed by atoms with Gasteiger partial charge in [-0.1, -0.05) is 42.5 Å². The highest BCUT2D eigenvalue weighted by Gasteiger charge is 2.15. The standard InChI is InChI=1S/C29H23N3O5S/c1-2-34-26-13-19(8-10-24(26)35-16-20-9-11-25-27(14-20)37-18-36-25)12-22(15-30)28(33)32-29-31-23(17-38-29)21-6-4-3-5-7-21/h3-14,17H,2,16,18H2,1H3,(H,31,32,33). The van der Waals surface area contributed by atoms with E-state index in [1.807, 2.05) is 66.9 Å². The summed E-state index contributed by atoms with van der Waals surface area (Å²) in [5, 5.41) is 14.6. The van der Waals surface area contributed by atoms with Gasteiger partial charge in [-0.3, -0.25) is 10.1 Å². The second-order valence-corrected chi connectivity index (χ2v) is 9.00. The number of hydrogen-bond acceptors (Lipinski definition) is 8. The van der Waals surface area contributed by atoms with E-state index < -0.39 is 5.91 Å². The molecule has 1 N–H and O–H groups in total. The van der Waals surface area contributed by atoms with Gasteiger partial charge >= 0.3 is 0 Å². The van der Waals surface area contributed by atoms with Crippen molar-refractivity contribution in [2.24, 2.45) is 0 Å². The number of benzene rings is 3. The van der Waals surface area contributed by atoms with Crippen LogP contribution < -0.4 is 24.3 Å². The van der Waals surface area contributed by atoms with Crippen molar-refractivity contribution in [2.45, 2.75) is 13.5 Å². The number of carbonyl (C=O) groups excluding carboxylic acids is 1. The third-order valence-electron chi connectivity index (χ3n) is 5.57. The smallest absolute Gasteiger partial charge is 0.268 e. The molecule has 4 aromatic rings. The minimum absolute atomic E-state index is 0.0575. The molecule has 2 heterocycles. The summed E-state index contributed by atoms with van der Waals surface area (Å²) in [6.45, 7) is 2.81. The van der Waals surface area contributed by atoms with Gasteiger partial charge in [-0.05, 0) is 48.4 Å². The Labute approximate surface area is 223 Å². The maximum absolute atomic E-state index is 12.8. The molecule has 1 aliphatic heterocycles. The molecule has 8 nitrogen and oxygen atoms in total. The molecule has 0 fully saturated rings. The van der Waals surface area contributed by atoms with Gasteiger partial charge in [-0.15, -0.1) is 11.3 Å². The van der Waals surface area contributed by atoms with E-state index in [1.165, 1.54) is 17.4 Å².